The van der Waals surface area contributed by atoms with Gasteiger partial charge in [-0.2, -0.15) is 0 Å². The van der Waals surface area contributed by atoms with Crippen LogP contribution in [0.4, 0.5) is 0 Å². The number of benzene rings is 3. The number of aliphatic carboxylic acids is 1. The van der Waals surface area contributed by atoms with Crippen LogP contribution in [0.3, 0.4) is 0 Å². The summed E-state index contributed by atoms with van der Waals surface area (Å²) >= 11 is 0. The Hall–Kier alpha value is -3.90. The number of ether oxygens (including phenoxy) is 2. The van der Waals surface area contributed by atoms with Crippen molar-refractivity contribution in [2.75, 3.05) is 6.61 Å². The van der Waals surface area contributed by atoms with Crippen molar-refractivity contribution in [2.24, 2.45) is 5.92 Å². The van der Waals surface area contributed by atoms with Gasteiger partial charge in [-0.1, -0.05) is 79.2 Å². The molecule has 36 heavy (non-hydrogen) atoms. The van der Waals surface area contributed by atoms with E-state index in [1.54, 1.807) is 6.07 Å². The van der Waals surface area contributed by atoms with Crippen molar-refractivity contribution in [3.63, 3.8) is 0 Å². The van der Waals surface area contributed by atoms with Crippen LogP contribution in [-0.4, -0.2) is 28.8 Å². The van der Waals surface area contributed by atoms with E-state index in [2.05, 4.69) is 12.1 Å². The summed E-state index contributed by atoms with van der Waals surface area (Å²) in [7, 11) is 0. The Bertz CT molecular complexity index is 1310. The van der Waals surface area contributed by atoms with Crippen LogP contribution >= 0.6 is 0 Å². The lowest BCUT2D eigenvalue weighted by molar-refractivity contribution is -0.139. The van der Waals surface area contributed by atoms with Gasteiger partial charge < -0.3 is 19.0 Å². The van der Waals surface area contributed by atoms with Crippen LogP contribution in [0.2, 0.25) is 0 Å². The van der Waals surface area contributed by atoms with E-state index in [1.165, 1.54) is 0 Å². The standard InChI is InChI=1S/C30H27NO5/c32-26(33)19-34-24-15-7-9-20(18-24)17-23-14-8-16-25-30(23,36-25)29-31-27(21-10-3-1-4-11-21)28(35-29)22-12-5-2-6-13-22/h1-7,9-13,15,18,23,25H,8,14,16-17,19H2,(H,32,33)/t23-,25?,30?/m0/s1. The van der Waals surface area contributed by atoms with Gasteiger partial charge in [0.2, 0.25) is 5.89 Å². The molecule has 1 aromatic heterocycles. The Morgan fingerprint density at radius 3 is 2.47 bits per heavy atom. The van der Waals surface area contributed by atoms with Gasteiger partial charge in [0, 0.05) is 17.0 Å². The zero-order valence-electron chi connectivity index (χ0n) is 19.8. The van der Waals surface area contributed by atoms with Gasteiger partial charge in [0.15, 0.2) is 18.0 Å². The molecular formula is C30H27NO5. The summed E-state index contributed by atoms with van der Waals surface area (Å²) < 4.78 is 18.4. The van der Waals surface area contributed by atoms with E-state index in [4.69, 9.17) is 24.0 Å². The fourth-order valence-electron chi connectivity index (χ4n) is 5.47. The van der Waals surface area contributed by atoms with E-state index < -0.39 is 11.6 Å². The Morgan fingerprint density at radius 1 is 0.972 bits per heavy atom. The molecule has 0 radical (unpaired) electrons. The largest absolute Gasteiger partial charge is 0.482 e. The number of carbonyl (C=O) groups is 1. The molecular weight excluding hydrogens is 454 g/mol. The monoisotopic (exact) mass is 481 g/mol. The molecule has 0 bridgehead atoms. The maximum atomic E-state index is 10.9. The normalized spacial score (nSPS) is 22.6. The average Bonchev–Trinajstić information content (AvgIpc) is 3.51. The maximum absolute atomic E-state index is 10.9. The highest BCUT2D eigenvalue weighted by Crippen LogP contribution is 2.59. The number of hydrogen-bond acceptors (Lipinski definition) is 5. The number of hydrogen-bond donors (Lipinski definition) is 1. The first-order chi connectivity index (χ1) is 17.6. The number of carboxylic acid groups (broad SMARTS) is 1. The molecule has 1 aliphatic carbocycles. The van der Waals surface area contributed by atoms with E-state index in [0.29, 0.717) is 11.6 Å². The van der Waals surface area contributed by atoms with E-state index in [0.717, 1.165) is 53.8 Å². The number of aromatic nitrogens is 1. The summed E-state index contributed by atoms with van der Waals surface area (Å²) in [6.07, 6.45) is 3.94. The lowest BCUT2D eigenvalue weighted by Crippen LogP contribution is -2.30. The zero-order valence-corrected chi connectivity index (χ0v) is 19.8. The molecule has 3 aromatic carbocycles. The highest BCUT2D eigenvalue weighted by atomic mass is 16.6. The highest BCUT2D eigenvalue weighted by Gasteiger charge is 2.67. The van der Waals surface area contributed by atoms with Crippen molar-refractivity contribution in [2.45, 2.75) is 37.4 Å². The second-order valence-corrected chi connectivity index (χ2v) is 9.49. The zero-order chi connectivity index (χ0) is 24.5. The topological polar surface area (TPSA) is 85.1 Å². The molecule has 2 fully saturated rings. The second-order valence-electron chi connectivity index (χ2n) is 9.49. The molecule has 1 N–H and O–H groups in total. The smallest absolute Gasteiger partial charge is 0.341 e. The first-order valence-corrected chi connectivity index (χ1v) is 12.4. The Labute approximate surface area is 209 Å². The maximum Gasteiger partial charge on any atom is 0.341 e. The fraction of sp³-hybridized carbons (Fsp3) is 0.267. The number of carboxylic acids is 1. The second kappa shape index (κ2) is 9.28. The summed E-state index contributed by atoms with van der Waals surface area (Å²) in [4.78, 5) is 16.0. The van der Waals surface area contributed by atoms with Crippen LogP contribution in [0.25, 0.3) is 22.6 Å². The first kappa shape index (κ1) is 22.6. The number of fused-ring (bicyclic) bond motifs is 1. The van der Waals surface area contributed by atoms with Gasteiger partial charge in [-0.25, -0.2) is 9.78 Å². The minimum Gasteiger partial charge on any atom is -0.482 e. The summed E-state index contributed by atoms with van der Waals surface area (Å²) in [6.45, 7) is -0.358. The summed E-state index contributed by atoms with van der Waals surface area (Å²) in [6, 6.07) is 27.9. The fourth-order valence-corrected chi connectivity index (χ4v) is 5.47. The summed E-state index contributed by atoms with van der Waals surface area (Å²) in [5.74, 6) is 1.16. The minimum atomic E-state index is -0.992. The molecule has 0 spiro atoms. The predicted octanol–water partition coefficient (Wildman–Crippen LogP) is 6.11. The SMILES string of the molecule is O=C(O)COc1cccc(C[C@@H]2CCCC3OC32c2nc(-c3ccccc3)c(-c3ccccc3)o2)c1. The van der Waals surface area contributed by atoms with Gasteiger partial charge in [0.25, 0.3) is 0 Å². The molecule has 2 unspecified atom stereocenters. The van der Waals surface area contributed by atoms with Gasteiger partial charge in [-0.05, 0) is 37.0 Å². The van der Waals surface area contributed by atoms with Crippen LogP contribution in [0, 0.1) is 5.92 Å². The minimum absolute atomic E-state index is 0.0913. The molecule has 1 saturated heterocycles. The van der Waals surface area contributed by atoms with Gasteiger partial charge in [-0.3, -0.25) is 0 Å². The lowest BCUT2D eigenvalue weighted by Gasteiger charge is -2.26. The Kier molecular flexibility index (Phi) is 5.82. The van der Waals surface area contributed by atoms with Gasteiger partial charge in [-0.15, -0.1) is 0 Å². The van der Waals surface area contributed by atoms with Crippen molar-refractivity contribution < 1.29 is 23.8 Å². The molecule has 6 rings (SSSR count). The van der Waals surface area contributed by atoms with E-state index in [9.17, 15) is 4.79 Å². The third kappa shape index (κ3) is 4.18. The van der Waals surface area contributed by atoms with Crippen molar-refractivity contribution >= 4 is 5.97 Å². The highest BCUT2D eigenvalue weighted by molar-refractivity contribution is 5.77. The molecule has 2 aliphatic rings. The Balaban J connectivity index is 1.35. The molecule has 0 amide bonds. The third-order valence-corrected chi connectivity index (χ3v) is 7.17. The van der Waals surface area contributed by atoms with E-state index in [-0.39, 0.29) is 18.6 Å². The van der Waals surface area contributed by atoms with Gasteiger partial charge >= 0.3 is 5.97 Å². The van der Waals surface area contributed by atoms with Crippen LogP contribution in [0.5, 0.6) is 5.75 Å². The van der Waals surface area contributed by atoms with Crippen molar-refractivity contribution in [1.29, 1.82) is 0 Å². The number of oxazole rings is 1. The number of nitrogens with zero attached hydrogens (tertiary/aromatic N) is 1. The van der Waals surface area contributed by atoms with Crippen LogP contribution < -0.4 is 4.74 Å². The van der Waals surface area contributed by atoms with Gasteiger partial charge in [0.1, 0.15) is 11.4 Å². The van der Waals surface area contributed by atoms with Crippen molar-refractivity contribution in [1.82, 2.24) is 4.98 Å². The molecule has 1 saturated carbocycles. The predicted molar refractivity (Wildman–Crippen MR) is 135 cm³/mol. The van der Waals surface area contributed by atoms with E-state index >= 15 is 0 Å². The quantitative estimate of drug-likeness (QED) is 0.306. The average molecular weight is 482 g/mol. The number of rotatable bonds is 8. The van der Waals surface area contributed by atoms with Gasteiger partial charge in [0.05, 0.1) is 6.10 Å². The summed E-state index contributed by atoms with van der Waals surface area (Å²) in [5, 5.41) is 8.94. The first-order valence-electron chi connectivity index (χ1n) is 12.4. The Morgan fingerprint density at radius 2 is 1.72 bits per heavy atom. The van der Waals surface area contributed by atoms with Crippen LogP contribution in [0.1, 0.15) is 30.7 Å². The van der Waals surface area contributed by atoms with E-state index in [1.807, 2.05) is 66.7 Å². The molecule has 6 heteroatoms. The molecule has 4 aromatic rings. The molecule has 1 aliphatic heterocycles. The van der Waals surface area contributed by atoms with Crippen molar-refractivity contribution in [3.05, 3.63) is 96.4 Å². The van der Waals surface area contributed by atoms with Crippen LogP contribution in [-0.2, 0) is 21.6 Å². The summed E-state index contributed by atoms with van der Waals surface area (Å²) in [5.41, 5.74) is 3.35. The number of epoxide rings is 1. The van der Waals surface area contributed by atoms with Crippen molar-refractivity contribution in [3.8, 4) is 28.3 Å². The van der Waals surface area contributed by atoms with Crippen LogP contribution in [0.15, 0.2) is 89.3 Å². The molecule has 3 atom stereocenters. The lowest BCUT2D eigenvalue weighted by atomic mass is 9.75. The molecule has 6 nitrogen and oxygen atoms in total. The molecule has 182 valence electrons. The third-order valence-electron chi connectivity index (χ3n) is 7.17. The molecule has 2 heterocycles.